The lowest BCUT2D eigenvalue weighted by Gasteiger charge is -2.18. The molecule has 0 aliphatic carbocycles. The molecule has 5 nitrogen and oxygen atoms in total. The summed E-state index contributed by atoms with van der Waals surface area (Å²) in [5.74, 6) is 0.463. The van der Waals surface area contributed by atoms with Gasteiger partial charge in [0.15, 0.2) is 0 Å². The maximum atomic E-state index is 12.6. The minimum absolute atomic E-state index is 0.240. The lowest BCUT2D eigenvalue weighted by atomic mass is 10.1. The van der Waals surface area contributed by atoms with E-state index >= 15 is 0 Å². The zero-order valence-corrected chi connectivity index (χ0v) is 15.2. The molecule has 132 valence electrons. The molecule has 3 rings (SSSR count). The standard InChI is InChI=1S/C21H22N4O/c1-15-8-7-11-18(16(15)2)24-21(26)19-12-20(23-14-22-19)25(3)13-17-9-5-4-6-10-17/h4-12,14H,13H2,1-3H3,(H,24,26). The Hall–Kier alpha value is -3.21. The molecule has 0 saturated heterocycles. The summed E-state index contributed by atoms with van der Waals surface area (Å²) in [5.41, 5.74) is 4.50. The summed E-state index contributed by atoms with van der Waals surface area (Å²) in [6.07, 6.45) is 1.43. The first-order valence-electron chi connectivity index (χ1n) is 8.49. The van der Waals surface area contributed by atoms with Crippen LogP contribution in [0.3, 0.4) is 0 Å². The van der Waals surface area contributed by atoms with E-state index in [4.69, 9.17) is 0 Å². The highest BCUT2D eigenvalue weighted by Gasteiger charge is 2.13. The van der Waals surface area contributed by atoms with E-state index in [9.17, 15) is 4.79 Å². The van der Waals surface area contributed by atoms with Crippen molar-refractivity contribution in [3.63, 3.8) is 0 Å². The highest BCUT2D eigenvalue weighted by atomic mass is 16.1. The van der Waals surface area contributed by atoms with Crippen LogP contribution in [0.5, 0.6) is 0 Å². The van der Waals surface area contributed by atoms with Crippen molar-refractivity contribution in [3.05, 3.63) is 83.3 Å². The van der Waals surface area contributed by atoms with E-state index in [1.54, 1.807) is 6.07 Å². The topological polar surface area (TPSA) is 58.1 Å². The molecular formula is C21H22N4O. The van der Waals surface area contributed by atoms with Gasteiger partial charge in [-0.1, -0.05) is 42.5 Å². The fraction of sp³-hybridized carbons (Fsp3) is 0.190. The van der Waals surface area contributed by atoms with Crippen molar-refractivity contribution < 1.29 is 4.79 Å². The Morgan fingerprint density at radius 1 is 1.04 bits per heavy atom. The average Bonchev–Trinajstić information content (AvgIpc) is 2.66. The Bertz CT molecular complexity index is 909. The molecule has 0 aliphatic rings. The maximum absolute atomic E-state index is 12.6. The predicted molar refractivity (Wildman–Crippen MR) is 104 cm³/mol. The summed E-state index contributed by atoms with van der Waals surface area (Å²) in [5, 5.41) is 2.94. The third-order valence-electron chi connectivity index (χ3n) is 4.39. The van der Waals surface area contributed by atoms with Crippen molar-refractivity contribution in [2.24, 2.45) is 0 Å². The zero-order chi connectivity index (χ0) is 18.5. The summed E-state index contributed by atoms with van der Waals surface area (Å²) in [6.45, 7) is 4.71. The fourth-order valence-corrected chi connectivity index (χ4v) is 2.69. The van der Waals surface area contributed by atoms with E-state index in [2.05, 4.69) is 27.4 Å². The van der Waals surface area contributed by atoms with Crippen molar-refractivity contribution in [2.75, 3.05) is 17.3 Å². The molecule has 2 aromatic carbocycles. The predicted octanol–water partition coefficient (Wildman–Crippen LogP) is 3.98. The third kappa shape index (κ3) is 4.06. The van der Waals surface area contributed by atoms with E-state index < -0.39 is 0 Å². The van der Waals surface area contributed by atoms with Crippen LogP contribution in [0.4, 0.5) is 11.5 Å². The Morgan fingerprint density at radius 3 is 2.58 bits per heavy atom. The number of hydrogen-bond donors (Lipinski definition) is 1. The summed E-state index contributed by atoms with van der Waals surface area (Å²) >= 11 is 0. The number of carbonyl (C=O) groups is 1. The largest absolute Gasteiger partial charge is 0.355 e. The molecule has 26 heavy (non-hydrogen) atoms. The van der Waals surface area contributed by atoms with Gasteiger partial charge in [0.25, 0.3) is 5.91 Å². The average molecular weight is 346 g/mol. The molecule has 0 unspecified atom stereocenters. The van der Waals surface area contributed by atoms with Gasteiger partial charge in [-0.3, -0.25) is 4.79 Å². The minimum atomic E-state index is -0.240. The molecular weight excluding hydrogens is 324 g/mol. The third-order valence-corrected chi connectivity index (χ3v) is 4.39. The van der Waals surface area contributed by atoms with Crippen LogP contribution in [0.15, 0.2) is 60.9 Å². The molecule has 0 spiro atoms. The van der Waals surface area contributed by atoms with Crippen LogP contribution in [0.25, 0.3) is 0 Å². The molecule has 0 saturated carbocycles. The van der Waals surface area contributed by atoms with Gasteiger partial charge in [0, 0.05) is 25.3 Å². The molecule has 0 bridgehead atoms. The lowest BCUT2D eigenvalue weighted by Crippen LogP contribution is -2.20. The number of anilines is 2. The summed E-state index contributed by atoms with van der Waals surface area (Å²) in [7, 11) is 1.95. The SMILES string of the molecule is Cc1cccc(NC(=O)c2cc(N(C)Cc3ccccc3)ncn2)c1C. The number of nitrogens with one attached hydrogen (secondary N) is 1. The van der Waals surface area contributed by atoms with E-state index in [0.29, 0.717) is 18.1 Å². The second kappa shape index (κ2) is 7.78. The Kier molecular flexibility index (Phi) is 5.27. The lowest BCUT2D eigenvalue weighted by molar-refractivity contribution is 0.102. The number of hydrogen-bond acceptors (Lipinski definition) is 4. The van der Waals surface area contributed by atoms with Gasteiger partial charge in [-0.25, -0.2) is 9.97 Å². The van der Waals surface area contributed by atoms with Gasteiger partial charge in [-0.2, -0.15) is 0 Å². The van der Waals surface area contributed by atoms with Gasteiger partial charge in [0.1, 0.15) is 17.8 Å². The Labute approximate surface area is 153 Å². The molecule has 0 atom stereocenters. The van der Waals surface area contributed by atoms with Crippen molar-refractivity contribution in [2.45, 2.75) is 20.4 Å². The van der Waals surface area contributed by atoms with Crippen molar-refractivity contribution in [1.82, 2.24) is 9.97 Å². The van der Waals surface area contributed by atoms with Crippen molar-refractivity contribution >= 4 is 17.4 Å². The highest BCUT2D eigenvalue weighted by molar-refractivity contribution is 6.03. The van der Waals surface area contributed by atoms with Gasteiger partial charge >= 0.3 is 0 Å². The molecule has 1 heterocycles. The Balaban J connectivity index is 1.76. The van der Waals surface area contributed by atoms with Gasteiger partial charge in [0.2, 0.25) is 0 Å². The van der Waals surface area contributed by atoms with Crippen molar-refractivity contribution in [1.29, 1.82) is 0 Å². The monoisotopic (exact) mass is 346 g/mol. The molecule has 1 N–H and O–H groups in total. The fourth-order valence-electron chi connectivity index (χ4n) is 2.69. The quantitative estimate of drug-likeness (QED) is 0.759. The van der Waals surface area contributed by atoms with E-state index in [-0.39, 0.29) is 5.91 Å². The minimum Gasteiger partial charge on any atom is -0.355 e. The molecule has 0 fully saturated rings. The van der Waals surface area contributed by atoms with Crippen LogP contribution in [0.1, 0.15) is 27.2 Å². The first-order chi connectivity index (χ1) is 12.5. The molecule has 0 radical (unpaired) electrons. The zero-order valence-electron chi connectivity index (χ0n) is 15.2. The second-order valence-electron chi connectivity index (χ2n) is 6.30. The second-order valence-corrected chi connectivity index (χ2v) is 6.30. The molecule has 3 aromatic rings. The van der Waals surface area contributed by atoms with Crippen LogP contribution in [0, 0.1) is 13.8 Å². The first kappa shape index (κ1) is 17.6. The van der Waals surface area contributed by atoms with Crippen LogP contribution in [-0.4, -0.2) is 22.9 Å². The highest BCUT2D eigenvalue weighted by Crippen LogP contribution is 2.19. The van der Waals surface area contributed by atoms with Gasteiger partial charge in [-0.15, -0.1) is 0 Å². The molecule has 5 heteroatoms. The molecule has 0 aliphatic heterocycles. The molecule has 1 amide bonds. The van der Waals surface area contributed by atoms with Gasteiger partial charge < -0.3 is 10.2 Å². The van der Waals surface area contributed by atoms with E-state index in [1.807, 2.05) is 62.2 Å². The molecule has 1 aromatic heterocycles. The first-order valence-corrected chi connectivity index (χ1v) is 8.49. The number of benzene rings is 2. The van der Waals surface area contributed by atoms with Crippen LogP contribution in [0.2, 0.25) is 0 Å². The van der Waals surface area contributed by atoms with Gasteiger partial charge in [0.05, 0.1) is 0 Å². The van der Waals surface area contributed by atoms with Gasteiger partial charge in [-0.05, 0) is 36.6 Å². The number of rotatable bonds is 5. The summed E-state index contributed by atoms with van der Waals surface area (Å²) < 4.78 is 0. The van der Waals surface area contributed by atoms with Crippen LogP contribution in [-0.2, 0) is 6.54 Å². The number of nitrogens with zero attached hydrogens (tertiary/aromatic N) is 3. The van der Waals surface area contributed by atoms with Crippen molar-refractivity contribution in [3.8, 4) is 0 Å². The number of amides is 1. The smallest absolute Gasteiger partial charge is 0.274 e. The van der Waals surface area contributed by atoms with Crippen LogP contribution < -0.4 is 10.2 Å². The Morgan fingerprint density at radius 2 is 1.81 bits per heavy atom. The van der Waals surface area contributed by atoms with E-state index in [0.717, 1.165) is 16.8 Å². The number of carbonyl (C=O) groups excluding carboxylic acids is 1. The van der Waals surface area contributed by atoms with E-state index in [1.165, 1.54) is 11.9 Å². The number of aromatic nitrogens is 2. The maximum Gasteiger partial charge on any atom is 0.274 e. The summed E-state index contributed by atoms with van der Waals surface area (Å²) in [6, 6.07) is 17.7. The normalized spacial score (nSPS) is 10.4. The number of aryl methyl sites for hydroxylation is 1. The summed E-state index contributed by atoms with van der Waals surface area (Å²) in [4.78, 5) is 23.0. The van der Waals surface area contributed by atoms with Crippen LogP contribution >= 0.6 is 0 Å².